The highest BCUT2D eigenvalue weighted by atomic mass is 32.2. The number of nitrogens with one attached hydrogen (secondary N) is 1. The van der Waals surface area contributed by atoms with Gasteiger partial charge in [0.15, 0.2) is 11.6 Å². The van der Waals surface area contributed by atoms with Crippen molar-refractivity contribution in [2.75, 3.05) is 21.3 Å². The van der Waals surface area contributed by atoms with Crippen molar-refractivity contribution < 1.29 is 27.1 Å². The second-order valence-electron chi connectivity index (χ2n) is 7.70. The van der Waals surface area contributed by atoms with Gasteiger partial charge in [-0.2, -0.15) is 4.31 Å². The maximum absolute atomic E-state index is 14.0. The number of benzene rings is 3. The van der Waals surface area contributed by atoms with Crippen LogP contribution in [-0.2, 0) is 16.6 Å². The van der Waals surface area contributed by atoms with E-state index < -0.39 is 27.8 Å². The van der Waals surface area contributed by atoms with Crippen molar-refractivity contribution in [1.82, 2.24) is 9.62 Å². The SMILES string of the molecule is COc1ccc(C(C)NC(=O)c2ccc(OC)c(S(=O)(=O)N(C)Cc3ccccc3)c2)cc1F. The number of nitrogens with zero attached hydrogens (tertiary/aromatic N) is 1. The van der Waals surface area contributed by atoms with E-state index in [0.29, 0.717) is 5.56 Å². The summed E-state index contributed by atoms with van der Waals surface area (Å²) in [5, 5.41) is 2.77. The highest BCUT2D eigenvalue weighted by molar-refractivity contribution is 7.89. The van der Waals surface area contributed by atoms with Crippen molar-refractivity contribution in [1.29, 1.82) is 0 Å². The van der Waals surface area contributed by atoms with Crippen molar-refractivity contribution in [3.05, 3.63) is 89.2 Å². The van der Waals surface area contributed by atoms with E-state index >= 15 is 0 Å². The minimum absolute atomic E-state index is 0.104. The third-order valence-corrected chi connectivity index (χ3v) is 7.21. The van der Waals surface area contributed by atoms with Crippen LogP contribution >= 0.6 is 0 Å². The van der Waals surface area contributed by atoms with Gasteiger partial charge in [-0.05, 0) is 48.4 Å². The monoisotopic (exact) mass is 486 g/mol. The minimum atomic E-state index is -3.97. The zero-order valence-electron chi connectivity index (χ0n) is 19.4. The Labute approximate surface area is 199 Å². The van der Waals surface area contributed by atoms with Crippen LogP contribution < -0.4 is 14.8 Å². The first-order valence-electron chi connectivity index (χ1n) is 10.5. The molecule has 0 aromatic heterocycles. The molecule has 0 aliphatic carbocycles. The number of sulfonamides is 1. The Morgan fingerprint density at radius 3 is 2.26 bits per heavy atom. The maximum Gasteiger partial charge on any atom is 0.251 e. The second kappa shape index (κ2) is 10.7. The summed E-state index contributed by atoms with van der Waals surface area (Å²) in [6.45, 7) is 1.86. The predicted octanol–water partition coefficient (Wildman–Crippen LogP) is 4.15. The molecular formula is C25H27FN2O5S. The minimum Gasteiger partial charge on any atom is -0.495 e. The second-order valence-corrected chi connectivity index (χ2v) is 9.71. The summed E-state index contributed by atoms with van der Waals surface area (Å²) in [7, 11) is 0.240. The van der Waals surface area contributed by atoms with Crippen LogP contribution in [0.4, 0.5) is 4.39 Å². The summed E-state index contributed by atoms with van der Waals surface area (Å²) in [6.07, 6.45) is 0. The number of carbonyl (C=O) groups excluding carboxylic acids is 1. The molecule has 3 aromatic rings. The van der Waals surface area contributed by atoms with Crippen LogP contribution in [0.5, 0.6) is 11.5 Å². The third kappa shape index (κ3) is 5.55. The lowest BCUT2D eigenvalue weighted by atomic mass is 10.1. The molecule has 0 spiro atoms. The average molecular weight is 487 g/mol. The van der Waals surface area contributed by atoms with Gasteiger partial charge in [-0.25, -0.2) is 12.8 Å². The van der Waals surface area contributed by atoms with Crippen molar-refractivity contribution in [2.45, 2.75) is 24.4 Å². The van der Waals surface area contributed by atoms with E-state index in [9.17, 15) is 17.6 Å². The molecule has 7 nitrogen and oxygen atoms in total. The molecule has 0 saturated carbocycles. The molecule has 0 saturated heterocycles. The molecule has 1 atom stereocenters. The van der Waals surface area contributed by atoms with Gasteiger partial charge in [0.1, 0.15) is 10.6 Å². The topological polar surface area (TPSA) is 84.9 Å². The molecule has 0 bridgehead atoms. The highest BCUT2D eigenvalue weighted by Gasteiger charge is 2.27. The number of halogens is 1. The fraction of sp³-hybridized carbons (Fsp3) is 0.240. The zero-order chi connectivity index (χ0) is 24.9. The number of ether oxygens (including phenoxy) is 2. The Bertz CT molecular complexity index is 1270. The van der Waals surface area contributed by atoms with Crippen LogP contribution in [0.15, 0.2) is 71.6 Å². The number of carbonyl (C=O) groups is 1. The van der Waals surface area contributed by atoms with Crippen LogP contribution in [0.25, 0.3) is 0 Å². The van der Waals surface area contributed by atoms with Crippen LogP contribution in [0.3, 0.4) is 0 Å². The van der Waals surface area contributed by atoms with Gasteiger partial charge in [-0.3, -0.25) is 4.79 Å². The van der Waals surface area contributed by atoms with Crippen molar-refractivity contribution in [3.8, 4) is 11.5 Å². The molecule has 1 N–H and O–H groups in total. The molecule has 3 rings (SSSR count). The molecule has 0 radical (unpaired) electrons. The molecule has 0 aliphatic heterocycles. The third-order valence-electron chi connectivity index (χ3n) is 5.39. The van der Waals surface area contributed by atoms with Gasteiger partial charge in [-0.15, -0.1) is 0 Å². The Kier molecular flexibility index (Phi) is 7.90. The molecular weight excluding hydrogens is 459 g/mol. The fourth-order valence-electron chi connectivity index (χ4n) is 3.43. The van der Waals surface area contributed by atoms with Gasteiger partial charge in [0.25, 0.3) is 5.91 Å². The number of amides is 1. The Balaban J connectivity index is 1.85. The lowest BCUT2D eigenvalue weighted by molar-refractivity contribution is 0.0939. The molecule has 0 aliphatic rings. The lowest BCUT2D eigenvalue weighted by Gasteiger charge is -2.20. The van der Waals surface area contributed by atoms with E-state index in [0.717, 1.165) is 5.56 Å². The lowest BCUT2D eigenvalue weighted by Crippen LogP contribution is -2.29. The van der Waals surface area contributed by atoms with Crippen LogP contribution in [-0.4, -0.2) is 39.9 Å². The van der Waals surface area contributed by atoms with E-state index in [1.165, 1.54) is 55.9 Å². The summed E-state index contributed by atoms with van der Waals surface area (Å²) in [5.41, 5.74) is 1.49. The van der Waals surface area contributed by atoms with E-state index in [2.05, 4.69) is 5.32 Å². The van der Waals surface area contributed by atoms with Crippen LogP contribution in [0.1, 0.15) is 34.5 Å². The van der Waals surface area contributed by atoms with E-state index in [1.54, 1.807) is 13.0 Å². The number of rotatable bonds is 9. The first-order chi connectivity index (χ1) is 16.2. The van der Waals surface area contributed by atoms with Gasteiger partial charge in [0, 0.05) is 19.2 Å². The van der Waals surface area contributed by atoms with Crippen LogP contribution in [0, 0.1) is 5.82 Å². The number of methoxy groups -OCH3 is 2. The van der Waals surface area contributed by atoms with Gasteiger partial charge in [0.05, 0.1) is 20.3 Å². The quantitative estimate of drug-likeness (QED) is 0.491. The van der Waals surface area contributed by atoms with Gasteiger partial charge in [-0.1, -0.05) is 36.4 Å². The Hall–Kier alpha value is -3.43. The standard InChI is InChI=1S/C25H27FN2O5S/c1-17(19-10-12-22(32-3)21(26)14-19)27-25(29)20-11-13-23(33-4)24(15-20)34(30,31)28(2)16-18-8-6-5-7-9-18/h5-15,17H,16H2,1-4H3,(H,27,29). The number of hydrogen-bond acceptors (Lipinski definition) is 5. The van der Waals surface area contributed by atoms with Gasteiger partial charge in [0.2, 0.25) is 10.0 Å². The molecule has 3 aromatic carbocycles. The summed E-state index contributed by atoms with van der Waals surface area (Å²) in [4.78, 5) is 12.8. The first-order valence-corrected chi connectivity index (χ1v) is 11.9. The molecule has 1 unspecified atom stereocenters. The van der Waals surface area contributed by atoms with Crippen LogP contribution in [0.2, 0.25) is 0 Å². The molecule has 0 heterocycles. The molecule has 9 heteroatoms. The van der Waals surface area contributed by atoms with Crippen molar-refractivity contribution in [3.63, 3.8) is 0 Å². The van der Waals surface area contributed by atoms with Crippen molar-refractivity contribution >= 4 is 15.9 Å². The van der Waals surface area contributed by atoms with Gasteiger partial charge < -0.3 is 14.8 Å². The first kappa shape index (κ1) is 25.2. The van der Waals surface area contributed by atoms with E-state index in [1.807, 2.05) is 30.3 Å². The average Bonchev–Trinajstić information content (AvgIpc) is 2.84. The fourth-order valence-corrected chi connectivity index (χ4v) is 4.76. The Morgan fingerprint density at radius 2 is 1.65 bits per heavy atom. The van der Waals surface area contributed by atoms with Gasteiger partial charge >= 0.3 is 0 Å². The molecule has 0 fully saturated rings. The Morgan fingerprint density at radius 1 is 1.00 bits per heavy atom. The summed E-state index contributed by atoms with van der Waals surface area (Å²) >= 11 is 0. The molecule has 1 amide bonds. The largest absolute Gasteiger partial charge is 0.495 e. The number of hydrogen-bond donors (Lipinski definition) is 1. The molecule has 180 valence electrons. The van der Waals surface area contributed by atoms with Crippen molar-refractivity contribution in [2.24, 2.45) is 0 Å². The normalized spacial score (nSPS) is 12.3. The van der Waals surface area contributed by atoms with E-state index in [-0.39, 0.29) is 28.5 Å². The maximum atomic E-state index is 14.0. The molecule has 34 heavy (non-hydrogen) atoms. The summed E-state index contributed by atoms with van der Waals surface area (Å²) < 4.78 is 52.0. The summed E-state index contributed by atoms with van der Waals surface area (Å²) in [6, 6.07) is 17.3. The predicted molar refractivity (Wildman–Crippen MR) is 127 cm³/mol. The smallest absolute Gasteiger partial charge is 0.251 e. The zero-order valence-corrected chi connectivity index (χ0v) is 20.2. The van der Waals surface area contributed by atoms with E-state index in [4.69, 9.17) is 9.47 Å². The summed E-state index contributed by atoms with van der Waals surface area (Å²) in [5.74, 6) is -0.817. The highest BCUT2D eigenvalue weighted by Crippen LogP contribution is 2.29.